The van der Waals surface area contributed by atoms with Gasteiger partial charge >= 0.3 is 5.97 Å². The number of nitrogens with zero attached hydrogens (tertiary/aromatic N) is 2. The lowest BCUT2D eigenvalue weighted by atomic mass is 9.73. The Morgan fingerprint density at radius 3 is 2.32 bits per heavy atom. The molecule has 1 aromatic rings. The number of ether oxygens (including phenoxy) is 1. The van der Waals surface area contributed by atoms with Crippen molar-refractivity contribution in [2.75, 3.05) is 32.6 Å². The van der Waals surface area contributed by atoms with Gasteiger partial charge in [0.2, 0.25) is 11.8 Å². The number of rotatable bonds is 5. The monoisotopic (exact) mass is 387 g/mol. The van der Waals surface area contributed by atoms with Crippen molar-refractivity contribution in [2.24, 2.45) is 17.8 Å². The third-order valence-electron chi connectivity index (χ3n) is 6.11. The highest BCUT2D eigenvalue weighted by atomic mass is 16.5. The number of anilines is 1. The molecule has 2 aliphatic heterocycles. The van der Waals surface area contributed by atoms with Gasteiger partial charge in [0.25, 0.3) is 0 Å². The average Bonchev–Trinajstić information content (AvgIpc) is 3.13. The highest BCUT2D eigenvalue weighted by Gasteiger charge is 2.69. The van der Waals surface area contributed by atoms with E-state index in [0.717, 1.165) is 16.2 Å². The second-order valence-electron chi connectivity index (χ2n) is 8.09. The molecule has 2 heterocycles. The molecule has 0 unspecified atom stereocenters. The van der Waals surface area contributed by atoms with Crippen LogP contribution in [0.2, 0.25) is 0 Å². The van der Waals surface area contributed by atoms with Crippen molar-refractivity contribution in [3.8, 4) is 0 Å². The van der Waals surface area contributed by atoms with Crippen LogP contribution in [0.4, 0.5) is 5.69 Å². The molecule has 7 nitrogen and oxygen atoms in total. The number of amides is 2. The van der Waals surface area contributed by atoms with Crippen LogP contribution in [0.5, 0.6) is 0 Å². The molecule has 2 saturated heterocycles. The van der Waals surface area contributed by atoms with Crippen molar-refractivity contribution >= 4 is 23.5 Å². The summed E-state index contributed by atoms with van der Waals surface area (Å²) < 4.78 is 5.36. The Morgan fingerprint density at radius 1 is 1.21 bits per heavy atom. The van der Waals surface area contributed by atoms with E-state index < -0.39 is 29.4 Å². The number of benzene rings is 1. The van der Waals surface area contributed by atoms with Crippen molar-refractivity contribution in [2.45, 2.75) is 32.4 Å². The third-order valence-corrected chi connectivity index (χ3v) is 6.11. The lowest BCUT2D eigenvalue weighted by molar-refractivity contribution is -0.158. The molecule has 152 valence electrons. The van der Waals surface area contributed by atoms with E-state index in [9.17, 15) is 14.4 Å². The van der Waals surface area contributed by atoms with Gasteiger partial charge in [0.05, 0.1) is 18.4 Å². The summed E-state index contributed by atoms with van der Waals surface area (Å²) >= 11 is 0. The number of carbonyl (C=O) groups excluding carboxylic acids is 3. The summed E-state index contributed by atoms with van der Waals surface area (Å²) in [5, 5.41) is 3.38. The lowest BCUT2D eigenvalue weighted by Crippen LogP contribution is -2.59. The highest BCUT2D eigenvalue weighted by molar-refractivity contribution is 6.09. The maximum atomic E-state index is 13.1. The minimum absolute atomic E-state index is 0.215. The highest BCUT2D eigenvalue weighted by Crippen LogP contribution is 2.51. The Labute approximate surface area is 166 Å². The zero-order valence-electron chi connectivity index (χ0n) is 17.4. The minimum Gasteiger partial charge on any atom is -0.465 e. The summed E-state index contributed by atoms with van der Waals surface area (Å²) in [5.41, 5.74) is 0.678. The molecule has 28 heavy (non-hydrogen) atoms. The van der Waals surface area contributed by atoms with Gasteiger partial charge < -0.3 is 9.64 Å². The number of hydrogen-bond donors (Lipinski definition) is 1. The Morgan fingerprint density at radius 2 is 1.82 bits per heavy atom. The van der Waals surface area contributed by atoms with Crippen molar-refractivity contribution in [3.05, 3.63) is 29.8 Å². The quantitative estimate of drug-likeness (QED) is 0.611. The van der Waals surface area contributed by atoms with Crippen LogP contribution in [0.1, 0.15) is 32.4 Å². The minimum atomic E-state index is -1.23. The number of likely N-dealkylation sites (tertiary alicyclic amines) is 1. The maximum Gasteiger partial charge on any atom is 0.327 e. The number of fused-ring (bicyclic) bond motifs is 1. The van der Waals surface area contributed by atoms with Crippen LogP contribution in [-0.4, -0.2) is 56.0 Å². The van der Waals surface area contributed by atoms with Crippen molar-refractivity contribution in [3.63, 3.8) is 0 Å². The van der Waals surface area contributed by atoms with Crippen molar-refractivity contribution in [1.29, 1.82) is 0 Å². The van der Waals surface area contributed by atoms with Gasteiger partial charge in [0.15, 0.2) is 0 Å². The Kier molecular flexibility index (Phi) is 5.23. The molecule has 0 aliphatic carbocycles. The van der Waals surface area contributed by atoms with Crippen molar-refractivity contribution in [1.82, 2.24) is 10.2 Å². The molecular weight excluding hydrogens is 358 g/mol. The molecule has 1 N–H and O–H groups in total. The fraction of sp³-hybridized carbons (Fsp3) is 0.571. The first-order chi connectivity index (χ1) is 13.2. The second-order valence-corrected chi connectivity index (χ2v) is 8.09. The molecule has 0 radical (unpaired) electrons. The molecule has 2 aliphatic rings. The molecule has 0 spiro atoms. The van der Waals surface area contributed by atoms with E-state index in [1.165, 1.54) is 7.05 Å². The average molecular weight is 387 g/mol. The van der Waals surface area contributed by atoms with Crippen LogP contribution < -0.4 is 10.2 Å². The third kappa shape index (κ3) is 2.80. The van der Waals surface area contributed by atoms with Crippen LogP contribution in [0.15, 0.2) is 24.3 Å². The number of esters is 1. The van der Waals surface area contributed by atoms with Crippen LogP contribution in [0, 0.1) is 17.8 Å². The molecule has 4 atom stereocenters. The van der Waals surface area contributed by atoms with Crippen molar-refractivity contribution < 1.29 is 19.1 Å². The van der Waals surface area contributed by atoms with Gasteiger partial charge in [-0.1, -0.05) is 26.0 Å². The summed E-state index contributed by atoms with van der Waals surface area (Å²) in [6.45, 7) is 5.72. The van der Waals surface area contributed by atoms with Gasteiger partial charge in [0, 0.05) is 32.9 Å². The van der Waals surface area contributed by atoms with Crippen LogP contribution in [0.25, 0.3) is 0 Å². The number of imide groups is 1. The molecule has 1 aromatic carbocycles. The molecule has 0 bridgehead atoms. The van der Waals surface area contributed by atoms with Gasteiger partial charge in [0.1, 0.15) is 5.54 Å². The topological polar surface area (TPSA) is 79.0 Å². The summed E-state index contributed by atoms with van der Waals surface area (Å²) in [4.78, 5) is 42.2. The Bertz CT molecular complexity index is 789. The van der Waals surface area contributed by atoms with Gasteiger partial charge in [-0.3, -0.25) is 24.6 Å². The van der Waals surface area contributed by atoms with E-state index in [0.29, 0.717) is 0 Å². The molecule has 0 saturated carbocycles. The predicted octanol–water partition coefficient (Wildman–Crippen LogP) is 1.59. The molecule has 0 aromatic heterocycles. The smallest absolute Gasteiger partial charge is 0.327 e. The second kappa shape index (κ2) is 7.20. The first-order valence-electron chi connectivity index (χ1n) is 9.70. The summed E-state index contributed by atoms with van der Waals surface area (Å²) in [5.74, 6) is -2.68. The zero-order valence-corrected chi connectivity index (χ0v) is 17.4. The zero-order chi connectivity index (χ0) is 20.8. The normalized spacial score (nSPS) is 29.4. The Hall–Kier alpha value is -2.41. The fourth-order valence-electron chi connectivity index (χ4n) is 4.56. The van der Waals surface area contributed by atoms with Crippen LogP contribution in [0.3, 0.4) is 0 Å². The molecule has 7 heteroatoms. The molecule has 2 fully saturated rings. The predicted molar refractivity (Wildman–Crippen MR) is 106 cm³/mol. The van der Waals surface area contributed by atoms with E-state index in [1.54, 1.807) is 6.92 Å². The first-order valence-corrected chi connectivity index (χ1v) is 9.70. The van der Waals surface area contributed by atoms with Gasteiger partial charge in [-0.15, -0.1) is 0 Å². The Balaban J connectivity index is 2.11. The summed E-state index contributed by atoms with van der Waals surface area (Å²) in [6.07, 6.45) is 0. The van der Waals surface area contributed by atoms with E-state index in [4.69, 9.17) is 4.74 Å². The SMILES string of the molecule is CCOC(=O)[C@]1(C(C)C)N[C@@H](c2ccc(N(C)C)cc2)[C@H]2C(=O)N(C)C(=O)[C@H]21. The van der Waals surface area contributed by atoms with Crippen LogP contribution >= 0.6 is 0 Å². The van der Waals surface area contributed by atoms with E-state index in [1.807, 2.05) is 57.1 Å². The van der Waals surface area contributed by atoms with E-state index in [-0.39, 0.29) is 24.3 Å². The molecular formula is C21H29N3O4. The lowest BCUT2D eigenvalue weighted by Gasteiger charge is -2.36. The van der Waals surface area contributed by atoms with Gasteiger partial charge in [-0.25, -0.2) is 0 Å². The first kappa shape index (κ1) is 20.3. The van der Waals surface area contributed by atoms with E-state index in [2.05, 4.69) is 5.32 Å². The van der Waals surface area contributed by atoms with Crippen LogP contribution in [-0.2, 0) is 19.1 Å². The number of carbonyl (C=O) groups is 3. The van der Waals surface area contributed by atoms with Gasteiger partial charge in [-0.05, 0) is 30.5 Å². The van der Waals surface area contributed by atoms with E-state index >= 15 is 0 Å². The number of hydrogen-bond acceptors (Lipinski definition) is 6. The standard InChI is InChI=1S/C21H29N3O4/c1-7-28-20(27)21(12(2)3)16-15(18(25)24(6)19(16)26)17(22-21)13-8-10-14(11-9-13)23(4)5/h8-12,15-17,22H,7H2,1-6H3/t15-,16-,17-,21+/m0/s1. The summed E-state index contributed by atoms with van der Waals surface area (Å²) in [7, 11) is 5.40. The largest absolute Gasteiger partial charge is 0.465 e. The van der Waals surface area contributed by atoms with Gasteiger partial charge in [-0.2, -0.15) is 0 Å². The maximum absolute atomic E-state index is 13.1. The fourth-order valence-corrected chi connectivity index (χ4v) is 4.56. The number of nitrogens with one attached hydrogen (secondary N) is 1. The molecule has 2 amide bonds. The summed E-state index contributed by atoms with van der Waals surface area (Å²) in [6, 6.07) is 7.39. The molecule has 3 rings (SSSR count).